The van der Waals surface area contributed by atoms with Crippen molar-refractivity contribution in [1.29, 1.82) is 0 Å². The van der Waals surface area contributed by atoms with Crippen molar-refractivity contribution in [3.63, 3.8) is 0 Å². The van der Waals surface area contributed by atoms with Crippen molar-refractivity contribution in [2.75, 3.05) is 0 Å². The molecule has 0 aliphatic rings. The lowest BCUT2D eigenvalue weighted by atomic mass is 10.4. The van der Waals surface area contributed by atoms with Crippen LogP contribution in [0.1, 0.15) is 27.2 Å². The van der Waals surface area contributed by atoms with Crippen LogP contribution in [-0.4, -0.2) is 11.7 Å². The average Bonchev–Trinajstić information content (AvgIpc) is 1.65. The molecule has 0 fully saturated rings. The number of carbonyl (C=O) groups is 2. The Morgan fingerprint density at radius 3 is 1.44 bits per heavy atom. The fourth-order valence-corrected chi connectivity index (χ4v) is 0. The first kappa shape index (κ1) is 11.0. The number of primary amides is 1. The fraction of sp³-hybridized carbons (Fsp3) is 0.667. The summed E-state index contributed by atoms with van der Waals surface area (Å²) < 4.78 is 0. The molecule has 0 aromatic carbocycles. The summed E-state index contributed by atoms with van der Waals surface area (Å²) in [7, 11) is 0. The van der Waals surface area contributed by atoms with Crippen molar-refractivity contribution >= 4 is 11.7 Å². The minimum Gasteiger partial charge on any atom is -0.370 e. The van der Waals surface area contributed by atoms with Gasteiger partial charge in [-0.25, -0.2) is 0 Å². The second kappa shape index (κ2) is 7.14. The van der Waals surface area contributed by atoms with Gasteiger partial charge in [-0.3, -0.25) is 4.79 Å². The van der Waals surface area contributed by atoms with Gasteiger partial charge in [0.1, 0.15) is 5.78 Å². The van der Waals surface area contributed by atoms with Gasteiger partial charge in [0.15, 0.2) is 0 Å². The Bertz CT molecular complexity index is 95.2. The highest BCUT2D eigenvalue weighted by atomic mass is 16.1. The smallest absolute Gasteiger partial charge is 0.214 e. The van der Waals surface area contributed by atoms with Crippen LogP contribution in [0.3, 0.4) is 0 Å². The number of Topliss-reactive ketones (excluding diaryl/α,β-unsaturated/α-hetero) is 1. The summed E-state index contributed by atoms with van der Waals surface area (Å²) in [5.41, 5.74) is 4.47. The van der Waals surface area contributed by atoms with Crippen LogP contribution in [0, 0.1) is 0 Å². The number of ketones is 1. The first-order valence-corrected chi connectivity index (χ1v) is 2.76. The summed E-state index contributed by atoms with van der Waals surface area (Å²) in [6.07, 6.45) is 0.667. The molecule has 0 atom stereocenters. The predicted molar refractivity (Wildman–Crippen MR) is 35.8 cm³/mol. The van der Waals surface area contributed by atoms with E-state index in [0.717, 1.165) is 0 Å². The SMILES string of the molecule is CC(N)=O.CCC(C)=O. The molecule has 0 aliphatic heterocycles. The van der Waals surface area contributed by atoms with Gasteiger partial charge in [0, 0.05) is 13.3 Å². The number of hydrogen-bond donors (Lipinski definition) is 1. The van der Waals surface area contributed by atoms with Gasteiger partial charge in [-0.1, -0.05) is 6.92 Å². The molecule has 0 aliphatic carbocycles. The highest BCUT2D eigenvalue weighted by Crippen LogP contribution is 1.71. The Labute approximate surface area is 55.2 Å². The Kier molecular flexibility index (Phi) is 8.73. The highest BCUT2D eigenvalue weighted by molar-refractivity contribution is 5.74. The third kappa shape index (κ3) is 145. The molecule has 0 saturated heterocycles. The average molecular weight is 131 g/mol. The van der Waals surface area contributed by atoms with E-state index < -0.39 is 0 Å². The summed E-state index contributed by atoms with van der Waals surface area (Å²) in [5.74, 6) is -0.0787. The van der Waals surface area contributed by atoms with Gasteiger partial charge in [-0.05, 0) is 6.92 Å². The molecule has 0 bridgehead atoms. The van der Waals surface area contributed by atoms with Gasteiger partial charge in [-0.2, -0.15) is 0 Å². The molecule has 0 heterocycles. The third-order valence-electron chi connectivity index (χ3n) is 0.498. The summed E-state index contributed by atoms with van der Waals surface area (Å²) in [6, 6.07) is 0. The molecule has 0 aromatic heterocycles. The quantitative estimate of drug-likeness (QED) is 0.562. The van der Waals surface area contributed by atoms with Gasteiger partial charge >= 0.3 is 0 Å². The van der Waals surface area contributed by atoms with Crippen LogP contribution in [0.15, 0.2) is 0 Å². The number of amides is 1. The minimum atomic E-state index is -0.333. The molecule has 9 heavy (non-hydrogen) atoms. The zero-order valence-corrected chi connectivity index (χ0v) is 6.10. The van der Waals surface area contributed by atoms with Crippen LogP contribution in [0.5, 0.6) is 0 Å². The Balaban J connectivity index is 0. The lowest BCUT2D eigenvalue weighted by molar-refractivity contribution is -0.117. The zero-order valence-electron chi connectivity index (χ0n) is 6.10. The van der Waals surface area contributed by atoms with Gasteiger partial charge < -0.3 is 10.5 Å². The van der Waals surface area contributed by atoms with E-state index in [4.69, 9.17) is 0 Å². The van der Waals surface area contributed by atoms with E-state index in [0.29, 0.717) is 6.42 Å². The maximum atomic E-state index is 9.81. The van der Waals surface area contributed by atoms with Crippen LogP contribution < -0.4 is 5.73 Å². The van der Waals surface area contributed by atoms with E-state index in [2.05, 4.69) is 5.73 Å². The molecule has 0 aromatic rings. The number of carbonyl (C=O) groups excluding carboxylic acids is 2. The second-order valence-electron chi connectivity index (χ2n) is 1.67. The van der Waals surface area contributed by atoms with Gasteiger partial charge in [0.05, 0.1) is 0 Å². The zero-order chi connectivity index (χ0) is 7.86. The van der Waals surface area contributed by atoms with Gasteiger partial charge in [-0.15, -0.1) is 0 Å². The molecule has 1 amide bonds. The van der Waals surface area contributed by atoms with Gasteiger partial charge in [0.25, 0.3) is 0 Å². The molecular weight excluding hydrogens is 118 g/mol. The van der Waals surface area contributed by atoms with E-state index in [1.54, 1.807) is 6.92 Å². The maximum Gasteiger partial charge on any atom is 0.214 e. The molecule has 0 radical (unpaired) electrons. The third-order valence-corrected chi connectivity index (χ3v) is 0.498. The number of rotatable bonds is 1. The van der Waals surface area contributed by atoms with Gasteiger partial charge in [0.2, 0.25) is 5.91 Å². The monoisotopic (exact) mass is 131 g/mol. The summed E-state index contributed by atoms with van der Waals surface area (Å²) in [6.45, 7) is 4.74. The highest BCUT2D eigenvalue weighted by Gasteiger charge is 1.76. The lowest BCUT2D eigenvalue weighted by Gasteiger charge is -1.71. The van der Waals surface area contributed by atoms with Crippen LogP contribution in [-0.2, 0) is 9.59 Å². The van der Waals surface area contributed by atoms with E-state index in [-0.39, 0.29) is 11.7 Å². The summed E-state index contributed by atoms with van der Waals surface area (Å²) in [4.78, 5) is 19.0. The van der Waals surface area contributed by atoms with Crippen molar-refractivity contribution in [3.8, 4) is 0 Å². The molecule has 0 unspecified atom stereocenters. The first-order chi connectivity index (χ1) is 4.00. The van der Waals surface area contributed by atoms with E-state index in [9.17, 15) is 9.59 Å². The fourth-order valence-electron chi connectivity index (χ4n) is 0. The first-order valence-electron chi connectivity index (χ1n) is 2.76. The maximum absolute atomic E-state index is 9.81. The van der Waals surface area contributed by atoms with Crippen molar-refractivity contribution < 1.29 is 9.59 Å². The minimum absolute atomic E-state index is 0.255. The van der Waals surface area contributed by atoms with Crippen molar-refractivity contribution in [2.45, 2.75) is 27.2 Å². The summed E-state index contributed by atoms with van der Waals surface area (Å²) in [5, 5.41) is 0. The molecule has 3 heteroatoms. The van der Waals surface area contributed by atoms with Crippen LogP contribution in [0.2, 0.25) is 0 Å². The van der Waals surface area contributed by atoms with Crippen molar-refractivity contribution in [1.82, 2.24) is 0 Å². The van der Waals surface area contributed by atoms with Crippen LogP contribution >= 0.6 is 0 Å². The van der Waals surface area contributed by atoms with E-state index in [1.807, 2.05) is 6.92 Å². The second-order valence-corrected chi connectivity index (χ2v) is 1.67. The summed E-state index contributed by atoms with van der Waals surface area (Å²) >= 11 is 0. The standard InChI is InChI=1S/C4H8O.C2H5NO/c1-3-4(2)5;1-2(3)4/h3H2,1-2H3;1H3,(H2,3,4). The Morgan fingerprint density at radius 2 is 1.44 bits per heavy atom. The Morgan fingerprint density at radius 1 is 1.33 bits per heavy atom. The molecule has 0 spiro atoms. The van der Waals surface area contributed by atoms with E-state index >= 15 is 0 Å². The molecule has 0 saturated carbocycles. The van der Waals surface area contributed by atoms with E-state index in [1.165, 1.54) is 6.92 Å². The number of nitrogens with two attached hydrogens (primary N) is 1. The molecule has 0 rings (SSSR count). The number of hydrogen-bond acceptors (Lipinski definition) is 2. The molecule has 3 nitrogen and oxygen atoms in total. The predicted octanol–water partition coefficient (Wildman–Crippen LogP) is 0.477. The molecule has 2 N–H and O–H groups in total. The lowest BCUT2D eigenvalue weighted by Crippen LogP contribution is -2.01. The van der Waals surface area contributed by atoms with Crippen molar-refractivity contribution in [3.05, 3.63) is 0 Å². The normalized spacial score (nSPS) is 7.00. The molecular formula is C6H13NO2. The largest absolute Gasteiger partial charge is 0.370 e. The molecule has 54 valence electrons. The topological polar surface area (TPSA) is 60.2 Å². The Hall–Kier alpha value is -0.860. The van der Waals surface area contributed by atoms with Crippen LogP contribution in [0.25, 0.3) is 0 Å². The van der Waals surface area contributed by atoms with Crippen molar-refractivity contribution in [2.24, 2.45) is 5.73 Å². The van der Waals surface area contributed by atoms with Crippen LogP contribution in [0.4, 0.5) is 0 Å².